The molecule has 0 radical (unpaired) electrons. The maximum Gasteiger partial charge on any atom is 0.317 e. The van der Waals surface area contributed by atoms with Crippen LogP contribution in [0.3, 0.4) is 0 Å². The monoisotopic (exact) mass is 469 g/mol. The zero-order valence-corrected chi connectivity index (χ0v) is 19.2. The average molecular weight is 470 g/mol. The molecule has 1 saturated carbocycles. The van der Waals surface area contributed by atoms with Gasteiger partial charge in [-0.25, -0.2) is 4.79 Å². The number of halogens is 1. The Balaban J connectivity index is 1.41. The molecule has 2 fully saturated rings. The van der Waals surface area contributed by atoms with Gasteiger partial charge < -0.3 is 10.2 Å². The molecule has 1 unspecified atom stereocenters. The molecule has 0 spiro atoms. The van der Waals surface area contributed by atoms with E-state index in [2.05, 4.69) is 80.7 Å². The van der Waals surface area contributed by atoms with Crippen molar-refractivity contribution in [1.82, 2.24) is 15.1 Å². The summed E-state index contributed by atoms with van der Waals surface area (Å²) in [6.07, 6.45) is 7.36. The standard InChI is InChI=1S/C25H32BrN3O/c26-22-14-12-21(13-15-22)24(20-8-4-3-5-9-20)28-16-18-29(19-17-28)25(30)27-23-10-6-1-2-7-11-23/h3-5,8-9,12-15,23-24H,1-2,6-7,10-11,16-19H2,(H,27,30). The third-order valence-electron chi connectivity index (χ3n) is 6.45. The van der Waals surface area contributed by atoms with Gasteiger partial charge in [0.05, 0.1) is 6.04 Å². The first kappa shape index (κ1) is 21.4. The second-order valence-electron chi connectivity index (χ2n) is 8.53. The van der Waals surface area contributed by atoms with E-state index in [0.717, 1.165) is 43.5 Å². The summed E-state index contributed by atoms with van der Waals surface area (Å²) in [7, 11) is 0. The molecule has 2 amide bonds. The van der Waals surface area contributed by atoms with Crippen LogP contribution >= 0.6 is 15.9 Å². The van der Waals surface area contributed by atoms with Crippen LogP contribution in [0.4, 0.5) is 4.79 Å². The number of carbonyl (C=O) groups excluding carboxylic acids is 1. The first-order chi connectivity index (χ1) is 14.7. The summed E-state index contributed by atoms with van der Waals surface area (Å²) >= 11 is 3.55. The Bertz CT molecular complexity index is 795. The first-order valence-electron chi connectivity index (χ1n) is 11.3. The largest absolute Gasteiger partial charge is 0.335 e. The van der Waals surface area contributed by atoms with Gasteiger partial charge >= 0.3 is 6.03 Å². The molecule has 2 aromatic carbocycles. The Labute approximate surface area is 188 Å². The highest BCUT2D eigenvalue weighted by atomic mass is 79.9. The van der Waals surface area contributed by atoms with E-state index in [-0.39, 0.29) is 12.1 Å². The molecular weight excluding hydrogens is 438 g/mol. The van der Waals surface area contributed by atoms with Gasteiger partial charge in [-0.05, 0) is 36.1 Å². The van der Waals surface area contributed by atoms with Gasteiger partial charge in [0.15, 0.2) is 0 Å². The smallest absolute Gasteiger partial charge is 0.317 e. The molecular formula is C25H32BrN3O. The lowest BCUT2D eigenvalue weighted by Gasteiger charge is -2.40. The molecule has 1 aliphatic heterocycles. The van der Waals surface area contributed by atoms with Gasteiger partial charge in [-0.3, -0.25) is 4.90 Å². The van der Waals surface area contributed by atoms with Crippen molar-refractivity contribution in [1.29, 1.82) is 0 Å². The maximum atomic E-state index is 12.8. The van der Waals surface area contributed by atoms with Crippen molar-refractivity contribution in [2.24, 2.45) is 0 Å². The van der Waals surface area contributed by atoms with Crippen LogP contribution in [0.5, 0.6) is 0 Å². The van der Waals surface area contributed by atoms with E-state index in [1.165, 1.54) is 36.8 Å². The third kappa shape index (κ3) is 5.44. The van der Waals surface area contributed by atoms with E-state index < -0.39 is 0 Å². The minimum absolute atomic E-state index is 0.126. The predicted octanol–water partition coefficient (Wildman–Crippen LogP) is 5.59. The molecule has 0 aromatic heterocycles. The highest BCUT2D eigenvalue weighted by Gasteiger charge is 2.29. The lowest BCUT2D eigenvalue weighted by molar-refractivity contribution is 0.118. The zero-order valence-electron chi connectivity index (χ0n) is 17.6. The zero-order chi connectivity index (χ0) is 20.8. The normalized spacial score (nSPS) is 19.8. The van der Waals surface area contributed by atoms with Gasteiger partial charge in [-0.15, -0.1) is 0 Å². The Morgan fingerprint density at radius 3 is 2.07 bits per heavy atom. The number of nitrogens with zero attached hydrogens (tertiary/aromatic N) is 2. The van der Waals surface area contributed by atoms with Crippen molar-refractivity contribution in [3.63, 3.8) is 0 Å². The lowest BCUT2D eigenvalue weighted by Crippen LogP contribution is -2.54. The fourth-order valence-corrected chi connectivity index (χ4v) is 5.03. The topological polar surface area (TPSA) is 35.6 Å². The summed E-state index contributed by atoms with van der Waals surface area (Å²) in [6, 6.07) is 20.0. The van der Waals surface area contributed by atoms with Crippen molar-refractivity contribution < 1.29 is 4.79 Å². The van der Waals surface area contributed by atoms with E-state index in [4.69, 9.17) is 0 Å². The number of hydrogen-bond donors (Lipinski definition) is 1. The third-order valence-corrected chi connectivity index (χ3v) is 6.98. The van der Waals surface area contributed by atoms with E-state index in [1.807, 2.05) is 4.90 Å². The minimum Gasteiger partial charge on any atom is -0.335 e. The van der Waals surface area contributed by atoms with Gasteiger partial charge in [0, 0.05) is 36.7 Å². The highest BCUT2D eigenvalue weighted by Crippen LogP contribution is 2.30. The fraction of sp³-hybridized carbons (Fsp3) is 0.480. The van der Waals surface area contributed by atoms with Crippen LogP contribution in [0.2, 0.25) is 0 Å². The number of urea groups is 1. The summed E-state index contributed by atoms with van der Waals surface area (Å²) in [5.41, 5.74) is 2.59. The molecule has 0 bridgehead atoms. The quantitative estimate of drug-likeness (QED) is 0.592. The summed E-state index contributed by atoms with van der Waals surface area (Å²) in [4.78, 5) is 17.3. The number of nitrogens with one attached hydrogen (secondary N) is 1. The van der Waals surface area contributed by atoms with Crippen molar-refractivity contribution in [3.8, 4) is 0 Å². The van der Waals surface area contributed by atoms with E-state index in [1.54, 1.807) is 0 Å². The molecule has 1 N–H and O–H groups in total. The van der Waals surface area contributed by atoms with Crippen LogP contribution in [0, 0.1) is 0 Å². The molecule has 2 aliphatic rings. The number of amides is 2. The van der Waals surface area contributed by atoms with Crippen LogP contribution in [0.1, 0.15) is 55.7 Å². The highest BCUT2D eigenvalue weighted by molar-refractivity contribution is 9.10. The summed E-state index contributed by atoms with van der Waals surface area (Å²) in [5.74, 6) is 0. The SMILES string of the molecule is O=C(NC1CCCCCC1)N1CCN(C(c2ccccc2)c2ccc(Br)cc2)CC1. The van der Waals surface area contributed by atoms with Crippen LogP contribution in [-0.2, 0) is 0 Å². The van der Waals surface area contributed by atoms with Gasteiger partial charge in [0.1, 0.15) is 0 Å². The Kier molecular flexibility index (Phi) is 7.45. The van der Waals surface area contributed by atoms with Crippen LogP contribution in [0.15, 0.2) is 59.1 Å². The number of carbonyl (C=O) groups is 1. The molecule has 30 heavy (non-hydrogen) atoms. The van der Waals surface area contributed by atoms with Gasteiger partial charge in [0.2, 0.25) is 0 Å². The molecule has 1 atom stereocenters. The molecule has 1 aliphatic carbocycles. The Morgan fingerprint density at radius 1 is 0.833 bits per heavy atom. The fourth-order valence-electron chi connectivity index (χ4n) is 4.77. The molecule has 160 valence electrons. The minimum atomic E-state index is 0.126. The van der Waals surface area contributed by atoms with Crippen molar-refractivity contribution >= 4 is 22.0 Å². The Hall–Kier alpha value is -1.85. The van der Waals surface area contributed by atoms with E-state index >= 15 is 0 Å². The summed E-state index contributed by atoms with van der Waals surface area (Å²) < 4.78 is 1.10. The van der Waals surface area contributed by atoms with Gasteiger partial charge in [0.25, 0.3) is 0 Å². The average Bonchev–Trinajstić information content (AvgIpc) is 3.05. The number of benzene rings is 2. The van der Waals surface area contributed by atoms with Crippen LogP contribution in [-0.4, -0.2) is 48.1 Å². The lowest BCUT2D eigenvalue weighted by atomic mass is 9.96. The first-order valence-corrected chi connectivity index (χ1v) is 12.1. The summed E-state index contributed by atoms with van der Waals surface area (Å²) in [5, 5.41) is 3.31. The second-order valence-corrected chi connectivity index (χ2v) is 9.44. The molecule has 4 rings (SSSR count). The van der Waals surface area contributed by atoms with Crippen LogP contribution < -0.4 is 5.32 Å². The van der Waals surface area contributed by atoms with E-state index in [0.29, 0.717) is 6.04 Å². The van der Waals surface area contributed by atoms with Crippen LogP contribution in [0.25, 0.3) is 0 Å². The molecule has 1 saturated heterocycles. The second kappa shape index (κ2) is 10.5. The number of piperazine rings is 1. The van der Waals surface area contributed by atoms with Crippen molar-refractivity contribution in [2.45, 2.75) is 50.6 Å². The number of hydrogen-bond acceptors (Lipinski definition) is 2. The number of rotatable bonds is 4. The predicted molar refractivity (Wildman–Crippen MR) is 126 cm³/mol. The molecule has 2 aromatic rings. The maximum absolute atomic E-state index is 12.8. The van der Waals surface area contributed by atoms with Gasteiger partial charge in [-0.2, -0.15) is 0 Å². The van der Waals surface area contributed by atoms with Crippen molar-refractivity contribution in [2.75, 3.05) is 26.2 Å². The molecule has 1 heterocycles. The summed E-state index contributed by atoms with van der Waals surface area (Å²) in [6.45, 7) is 3.32. The van der Waals surface area contributed by atoms with Crippen molar-refractivity contribution in [3.05, 3.63) is 70.2 Å². The van der Waals surface area contributed by atoms with E-state index in [9.17, 15) is 4.79 Å². The Morgan fingerprint density at radius 2 is 1.43 bits per heavy atom. The van der Waals surface area contributed by atoms with Gasteiger partial charge in [-0.1, -0.05) is 84.1 Å². The molecule has 4 nitrogen and oxygen atoms in total. The molecule has 5 heteroatoms.